The predicted octanol–water partition coefficient (Wildman–Crippen LogP) is 0.0787. The summed E-state index contributed by atoms with van der Waals surface area (Å²) in [7, 11) is 0. The molecule has 0 aliphatic heterocycles. The zero-order chi connectivity index (χ0) is 19.1. The second-order valence-corrected chi connectivity index (χ2v) is 6.45. The average Bonchev–Trinajstić information content (AvgIpc) is 3.05. The maximum atomic E-state index is 11.3. The van der Waals surface area contributed by atoms with Crippen LogP contribution in [0.15, 0.2) is 12.4 Å². The number of rotatable bonds is 10. The van der Waals surface area contributed by atoms with Crippen LogP contribution in [-0.4, -0.2) is 84.7 Å². The molecule has 0 aromatic carbocycles. The quantitative estimate of drug-likeness (QED) is 0.450. The van der Waals surface area contributed by atoms with Crippen LogP contribution in [-0.2, 0) is 20.9 Å². The van der Waals surface area contributed by atoms with Crippen molar-refractivity contribution in [3.05, 3.63) is 18.2 Å². The lowest BCUT2D eigenvalue weighted by Crippen LogP contribution is -2.56. The van der Waals surface area contributed by atoms with Crippen LogP contribution in [0, 0.1) is 0 Å². The summed E-state index contributed by atoms with van der Waals surface area (Å²) < 4.78 is 0. The number of hydrogen-bond donors (Lipinski definition) is 4. The monoisotopic (exact) mass is 368 g/mol. The van der Waals surface area contributed by atoms with Gasteiger partial charge in [-0.2, -0.15) is 0 Å². The van der Waals surface area contributed by atoms with Crippen LogP contribution in [0.2, 0.25) is 0 Å². The number of aliphatic carboxylic acids is 3. The van der Waals surface area contributed by atoms with Gasteiger partial charge in [0.1, 0.15) is 5.82 Å². The number of imidazole rings is 1. The highest BCUT2D eigenvalue weighted by molar-refractivity contribution is 5.72. The van der Waals surface area contributed by atoms with Gasteiger partial charge in [-0.05, 0) is 12.8 Å². The number of hydrogen-bond acceptors (Lipinski definition) is 6. The van der Waals surface area contributed by atoms with Crippen molar-refractivity contribution >= 4 is 17.9 Å². The second kappa shape index (κ2) is 9.30. The third kappa shape index (κ3) is 5.81. The molecular weight excluding hydrogens is 344 g/mol. The van der Waals surface area contributed by atoms with Crippen LogP contribution < -0.4 is 0 Å². The molecule has 144 valence electrons. The van der Waals surface area contributed by atoms with Crippen LogP contribution in [0.4, 0.5) is 0 Å². The Morgan fingerprint density at radius 1 is 0.962 bits per heavy atom. The van der Waals surface area contributed by atoms with Crippen molar-refractivity contribution in [3.8, 4) is 0 Å². The van der Waals surface area contributed by atoms with Crippen LogP contribution in [0.1, 0.15) is 31.5 Å². The van der Waals surface area contributed by atoms with E-state index in [4.69, 9.17) is 10.2 Å². The molecule has 2 atom stereocenters. The molecule has 4 N–H and O–H groups in total. The highest BCUT2D eigenvalue weighted by Crippen LogP contribution is 2.28. The van der Waals surface area contributed by atoms with Crippen molar-refractivity contribution in [2.45, 2.75) is 44.3 Å². The zero-order valence-corrected chi connectivity index (χ0v) is 14.4. The van der Waals surface area contributed by atoms with Crippen molar-refractivity contribution in [2.24, 2.45) is 0 Å². The number of aromatic nitrogens is 2. The van der Waals surface area contributed by atoms with E-state index in [-0.39, 0.29) is 25.2 Å². The highest BCUT2D eigenvalue weighted by atomic mass is 16.4. The first-order chi connectivity index (χ1) is 12.4. The number of carboxylic acids is 3. The van der Waals surface area contributed by atoms with Gasteiger partial charge in [-0.25, -0.2) is 4.98 Å². The highest BCUT2D eigenvalue weighted by Gasteiger charge is 2.36. The van der Waals surface area contributed by atoms with Crippen molar-refractivity contribution in [3.63, 3.8) is 0 Å². The summed E-state index contributed by atoms with van der Waals surface area (Å²) in [6.45, 7) is -0.742. The van der Waals surface area contributed by atoms with E-state index in [9.17, 15) is 19.5 Å². The average molecular weight is 368 g/mol. The third-order valence-electron chi connectivity index (χ3n) is 4.55. The van der Waals surface area contributed by atoms with Crippen molar-refractivity contribution in [1.82, 2.24) is 19.8 Å². The van der Waals surface area contributed by atoms with E-state index < -0.39 is 31.0 Å². The van der Waals surface area contributed by atoms with Crippen molar-refractivity contribution in [2.75, 3.05) is 19.6 Å². The zero-order valence-electron chi connectivity index (χ0n) is 14.4. The Balaban J connectivity index is 2.24. The minimum atomic E-state index is -1.11. The maximum absolute atomic E-state index is 11.3. The molecule has 0 bridgehead atoms. The molecule has 1 aromatic rings. The van der Waals surface area contributed by atoms with Gasteiger partial charge in [-0.15, -0.1) is 0 Å². The van der Waals surface area contributed by atoms with E-state index in [1.807, 2.05) is 0 Å². The summed E-state index contributed by atoms with van der Waals surface area (Å²) >= 11 is 0. The number of carbonyl (C=O) groups is 3. The van der Waals surface area contributed by atoms with Gasteiger partial charge in [0.15, 0.2) is 0 Å². The van der Waals surface area contributed by atoms with E-state index in [1.165, 1.54) is 4.90 Å². The van der Waals surface area contributed by atoms with Gasteiger partial charge >= 0.3 is 17.9 Å². The normalized spacial score (nSPS) is 20.4. The molecule has 0 radical (unpaired) electrons. The molecule has 1 heterocycles. The Morgan fingerprint density at radius 2 is 1.46 bits per heavy atom. The molecule has 1 aliphatic carbocycles. The molecule has 0 amide bonds. The summed E-state index contributed by atoms with van der Waals surface area (Å²) in [4.78, 5) is 43.9. The summed E-state index contributed by atoms with van der Waals surface area (Å²) in [5.74, 6) is -2.60. The van der Waals surface area contributed by atoms with E-state index >= 15 is 0 Å². The Hall–Kier alpha value is -2.46. The molecule has 1 unspecified atom stereocenters. The number of H-pyrrole nitrogens is 1. The first kappa shape index (κ1) is 19.9. The fraction of sp³-hybridized carbons (Fsp3) is 0.625. The van der Waals surface area contributed by atoms with Crippen LogP contribution in [0.5, 0.6) is 0 Å². The molecule has 26 heavy (non-hydrogen) atoms. The first-order valence-corrected chi connectivity index (χ1v) is 8.48. The predicted molar refractivity (Wildman–Crippen MR) is 89.5 cm³/mol. The fourth-order valence-electron chi connectivity index (χ4n) is 3.62. The molecule has 1 aliphatic rings. The van der Waals surface area contributed by atoms with E-state index in [0.29, 0.717) is 18.7 Å². The standard InChI is InChI=1S/C16H24N4O6/c21-14(22)8-19(7-13-17-5-6-18-13)11-3-1-2-4-12(11)20(9-15(23)24)10-16(25)26/h5-6,11-12H,1-4,7-10H2,(H,17,18)(H,21,22)(H,23,24)(H,25,26)/t11-,12?/m0/s1. The summed E-state index contributed by atoms with van der Waals surface area (Å²) in [6, 6.07) is -0.603. The van der Waals surface area contributed by atoms with Gasteiger partial charge in [-0.3, -0.25) is 24.2 Å². The lowest BCUT2D eigenvalue weighted by Gasteiger charge is -2.43. The minimum absolute atomic E-state index is 0.226. The Labute approximate surface area is 150 Å². The summed E-state index contributed by atoms with van der Waals surface area (Å²) in [5.41, 5.74) is 0. The topological polar surface area (TPSA) is 147 Å². The van der Waals surface area contributed by atoms with Crippen LogP contribution in [0.25, 0.3) is 0 Å². The Kier molecular flexibility index (Phi) is 7.10. The number of nitrogens with zero attached hydrogens (tertiary/aromatic N) is 3. The second-order valence-electron chi connectivity index (χ2n) is 6.45. The molecule has 0 saturated heterocycles. The number of carboxylic acid groups (broad SMARTS) is 3. The van der Waals surface area contributed by atoms with Gasteiger partial charge < -0.3 is 20.3 Å². The smallest absolute Gasteiger partial charge is 0.317 e. The lowest BCUT2D eigenvalue weighted by molar-refractivity contribution is -0.146. The number of aromatic amines is 1. The number of nitrogens with one attached hydrogen (secondary N) is 1. The van der Waals surface area contributed by atoms with Gasteiger partial charge in [0.2, 0.25) is 0 Å². The molecule has 10 nitrogen and oxygen atoms in total. The largest absolute Gasteiger partial charge is 0.480 e. The molecule has 1 saturated carbocycles. The van der Waals surface area contributed by atoms with Gasteiger partial charge in [0.05, 0.1) is 26.2 Å². The summed E-state index contributed by atoms with van der Waals surface area (Å²) in [5, 5.41) is 27.6. The molecule has 1 fully saturated rings. The van der Waals surface area contributed by atoms with Crippen LogP contribution >= 0.6 is 0 Å². The molecule has 10 heteroatoms. The van der Waals surface area contributed by atoms with Crippen molar-refractivity contribution in [1.29, 1.82) is 0 Å². The van der Waals surface area contributed by atoms with E-state index in [1.54, 1.807) is 17.3 Å². The summed E-state index contributed by atoms with van der Waals surface area (Å²) in [6.07, 6.45) is 6.25. The third-order valence-corrected chi connectivity index (χ3v) is 4.55. The Bertz CT molecular complexity index is 604. The fourth-order valence-corrected chi connectivity index (χ4v) is 3.62. The molecule has 1 aromatic heterocycles. The molecule has 2 rings (SSSR count). The van der Waals surface area contributed by atoms with E-state index in [2.05, 4.69) is 9.97 Å². The van der Waals surface area contributed by atoms with Crippen molar-refractivity contribution < 1.29 is 29.7 Å². The Morgan fingerprint density at radius 3 is 1.92 bits per heavy atom. The maximum Gasteiger partial charge on any atom is 0.317 e. The first-order valence-electron chi connectivity index (χ1n) is 8.48. The van der Waals surface area contributed by atoms with E-state index in [0.717, 1.165) is 12.8 Å². The minimum Gasteiger partial charge on any atom is -0.480 e. The van der Waals surface area contributed by atoms with Gasteiger partial charge in [0, 0.05) is 24.5 Å². The lowest BCUT2D eigenvalue weighted by atomic mass is 9.87. The van der Waals surface area contributed by atoms with Crippen LogP contribution in [0.3, 0.4) is 0 Å². The molecule has 0 spiro atoms. The SMILES string of the molecule is O=C(O)CN(CC(=O)O)C1CCCC[C@@H]1N(CC(=O)O)Cc1ncc[nH]1. The molecular formula is C16H24N4O6. The van der Waals surface area contributed by atoms with Gasteiger partial charge in [-0.1, -0.05) is 12.8 Å². The van der Waals surface area contributed by atoms with Gasteiger partial charge in [0.25, 0.3) is 0 Å².